The molecule has 1 nitrogen and oxygen atoms in total. The van der Waals surface area contributed by atoms with Gasteiger partial charge in [-0.05, 0) is 44.0 Å². The van der Waals surface area contributed by atoms with Crippen LogP contribution in [0.2, 0.25) is 0 Å². The summed E-state index contributed by atoms with van der Waals surface area (Å²) in [6, 6.07) is 5.88. The molecule has 0 aromatic heterocycles. The molecular formula is C9H7Br2N. The molecule has 62 valence electrons. The van der Waals surface area contributed by atoms with Crippen molar-refractivity contribution in [2.75, 3.05) is 11.9 Å². The largest absolute Gasteiger partial charge is 0.372 e. The van der Waals surface area contributed by atoms with Gasteiger partial charge in [0.2, 0.25) is 0 Å². The van der Waals surface area contributed by atoms with Crippen LogP contribution in [0.15, 0.2) is 27.1 Å². The van der Waals surface area contributed by atoms with Gasteiger partial charge in [-0.15, -0.1) is 6.42 Å². The molecule has 0 amide bonds. The Labute approximate surface area is 88.8 Å². The number of rotatable bonds is 2. The van der Waals surface area contributed by atoms with Crippen molar-refractivity contribution in [1.82, 2.24) is 0 Å². The monoisotopic (exact) mass is 287 g/mol. The minimum atomic E-state index is 0.529. The van der Waals surface area contributed by atoms with E-state index in [0.29, 0.717) is 6.54 Å². The van der Waals surface area contributed by atoms with Gasteiger partial charge in [0.1, 0.15) is 0 Å². The van der Waals surface area contributed by atoms with E-state index in [0.717, 1.165) is 14.6 Å². The Morgan fingerprint density at radius 1 is 1.33 bits per heavy atom. The van der Waals surface area contributed by atoms with Crippen LogP contribution in [0.25, 0.3) is 0 Å². The predicted octanol–water partition coefficient (Wildman–Crippen LogP) is 3.26. The van der Waals surface area contributed by atoms with Gasteiger partial charge in [-0.2, -0.15) is 0 Å². The van der Waals surface area contributed by atoms with Crippen molar-refractivity contribution >= 4 is 37.5 Å². The van der Waals surface area contributed by atoms with E-state index in [2.05, 4.69) is 43.1 Å². The van der Waals surface area contributed by atoms with Crippen LogP contribution in [0.4, 0.5) is 5.69 Å². The molecule has 0 bridgehead atoms. The molecule has 0 unspecified atom stereocenters. The van der Waals surface area contributed by atoms with Crippen LogP contribution in [0, 0.1) is 12.3 Å². The number of hydrogen-bond acceptors (Lipinski definition) is 1. The zero-order valence-electron chi connectivity index (χ0n) is 6.27. The Morgan fingerprint density at radius 3 is 2.42 bits per heavy atom. The van der Waals surface area contributed by atoms with Crippen LogP contribution in [-0.4, -0.2) is 6.54 Å². The van der Waals surface area contributed by atoms with Crippen molar-refractivity contribution in [2.24, 2.45) is 0 Å². The molecule has 0 atom stereocenters. The molecule has 1 aromatic rings. The fraction of sp³-hybridized carbons (Fsp3) is 0.111. The van der Waals surface area contributed by atoms with Crippen molar-refractivity contribution in [2.45, 2.75) is 0 Å². The highest BCUT2D eigenvalue weighted by atomic mass is 79.9. The molecule has 1 aromatic carbocycles. The minimum absolute atomic E-state index is 0.529. The van der Waals surface area contributed by atoms with Gasteiger partial charge in [0, 0.05) is 8.95 Å². The normalized spacial score (nSPS) is 9.08. The van der Waals surface area contributed by atoms with Crippen molar-refractivity contribution < 1.29 is 0 Å². The third-order valence-corrected chi connectivity index (χ3v) is 2.65. The SMILES string of the molecule is C#CCNc1c(Br)cccc1Br. The van der Waals surface area contributed by atoms with E-state index in [1.807, 2.05) is 18.2 Å². The quantitative estimate of drug-likeness (QED) is 0.824. The van der Waals surface area contributed by atoms with Gasteiger partial charge in [-0.25, -0.2) is 0 Å². The smallest absolute Gasteiger partial charge is 0.0764 e. The van der Waals surface area contributed by atoms with Crippen molar-refractivity contribution in [1.29, 1.82) is 0 Å². The molecule has 0 aliphatic carbocycles. The van der Waals surface area contributed by atoms with Crippen LogP contribution in [0.1, 0.15) is 0 Å². The van der Waals surface area contributed by atoms with Gasteiger partial charge >= 0.3 is 0 Å². The highest BCUT2D eigenvalue weighted by molar-refractivity contribution is 9.11. The summed E-state index contributed by atoms with van der Waals surface area (Å²) in [6.07, 6.45) is 5.13. The zero-order valence-corrected chi connectivity index (χ0v) is 9.44. The minimum Gasteiger partial charge on any atom is -0.372 e. The summed E-state index contributed by atoms with van der Waals surface area (Å²) >= 11 is 6.83. The van der Waals surface area contributed by atoms with Crippen LogP contribution < -0.4 is 5.32 Å². The summed E-state index contributed by atoms with van der Waals surface area (Å²) in [4.78, 5) is 0. The number of halogens is 2. The maximum Gasteiger partial charge on any atom is 0.0764 e. The molecule has 0 saturated carbocycles. The maximum absolute atomic E-state index is 5.13. The molecule has 0 radical (unpaired) electrons. The average Bonchev–Trinajstić information content (AvgIpc) is 2.04. The fourth-order valence-electron chi connectivity index (χ4n) is 0.806. The molecule has 1 rings (SSSR count). The Balaban J connectivity index is 2.90. The van der Waals surface area contributed by atoms with Crippen molar-refractivity contribution in [3.63, 3.8) is 0 Å². The Morgan fingerprint density at radius 2 is 1.92 bits per heavy atom. The molecule has 0 aliphatic heterocycles. The molecule has 0 aliphatic rings. The van der Waals surface area contributed by atoms with E-state index in [-0.39, 0.29) is 0 Å². The Hall–Kier alpha value is -0.460. The second-order valence-corrected chi connectivity index (χ2v) is 3.86. The van der Waals surface area contributed by atoms with Gasteiger partial charge in [0.05, 0.1) is 12.2 Å². The highest BCUT2D eigenvalue weighted by Gasteiger charge is 2.01. The Kier molecular flexibility index (Phi) is 3.64. The summed E-state index contributed by atoms with van der Waals surface area (Å²) in [5.74, 6) is 2.52. The van der Waals surface area contributed by atoms with Crippen LogP contribution in [0.5, 0.6) is 0 Å². The molecule has 1 N–H and O–H groups in total. The van der Waals surface area contributed by atoms with Crippen molar-refractivity contribution in [3.05, 3.63) is 27.1 Å². The van der Waals surface area contributed by atoms with E-state index in [9.17, 15) is 0 Å². The molecule has 0 saturated heterocycles. The fourth-order valence-corrected chi connectivity index (χ4v) is 2.08. The molecule has 12 heavy (non-hydrogen) atoms. The first-order valence-corrected chi connectivity index (χ1v) is 4.95. The lowest BCUT2D eigenvalue weighted by molar-refractivity contribution is 1.36. The molecule has 0 fully saturated rings. The number of para-hydroxylation sites is 1. The molecule has 0 heterocycles. The van der Waals surface area contributed by atoms with Crippen LogP contribution in [0.3, 0.4) is 0 Å². The lowest BCUT2D eigenvalue weighted by Crippen LogP contribution is -1.99. The molecular weight excluding hydrogens is 282 g/mol. The predicted molar refractivity (Wildman–Crippen MR) is 59.2 cm³/mol. The summed E-state index contributed by atoms with van der Waals surface area (Å²) in [5, 5.41) is 3.10. The first kappa shape index (κ1) is 9.63. The molecule has 3 heteroatoms. The van der Waals surface area contributed by atoms with Gasteiger partial charge in [-0.1, -0.05) is 12.0 Å². The number of benzene rings is 1. The standard InChI is InChI=1S/C9H7Br2N/c1-2-6-12-9-7(10)4-3-5-8(9)11/h1,3-5,12H,6H2. The van der Waals surface area contributed by atoms with E-state index in [4.69, 9.17) is 6.42 Å². The third-order valence-electron chi connectivity index (χ3n) is 1.33. The first-order valence-electron chi connectivity index (χ1n) is 3.37. The van der Waals surface area contributed by atoms with Gasteiger partial charge in [-0.3, -0.25) is 0 Å². The number of nitrogens with one attached hydrogen (secondary N) is 1. The van der Waals surface area contributed by atoms with Gasteiger partial charge in [0.15, 0.2) is 0 Å². The topological polar surface area (TPSA) is 12.0 Å². The first-order chi connectivity index (χ1) is 5.75. The summed E-state index contributed by atoms with van der Waals surface area (Å²) < 4.78 is 2.01. The summed E-state index contributed by atoms with van der Waals surface area (Å²) in [6.45, 7) is 0.529. The van der Waals surface area contributed by atoms with E-state index < -0.39 is 0 Å². The van der Waals surface area contributed by atoms with Gasteiger partial charge < -0.3 is 5.32 Å². The van der Waals surface area contributed by atoms with Crippen LogP contribution in [-0.2, 0) is 0 Å². The zero-order chi connectivity index (χ0) is 8.97. The average molecular weight is 289 g/mol. The number of hydrogen-bond donors (Lipinski definition) is 1. The van der Waals surface area contributed by atoms with E-state index in [1.54, 1.807) is 0 Å². The molecule has 0 spiro atoms. The van der Waals surface area contributed by atoms with Crippen molar-refractivity contribution in [3.8, 4) is 12.3 Å². The summed E-state index contributed by atoms with van der Waals surface area (Å²) in [5.41, 5.74) is 0.996. The van der Waals surface area contributed by atoms with Gasteiger partial charge in [0.25, 0.3) is 0 Å². The second-order valence-electron chi connectivity index (χ2n) is 2.15. The second kappa shape index (κ2) is 4.54. The third kappa shape index (κ3) is 2.26. The number of anilines is 1. The Bertz CT molecular complexity index is 295. The highest BCUT2D eigenvalue weighted by Crippen LogP contribution is 2.29. The number of terminal acetylenes is 1. The van der Waals surface area contributed by atoms with E-state index >= 15 is 0 Å². The van der Waals surface area contributed by atoms with E-state index in [1.165, 1.54) is 0 Å². The lowest BCUT2D eigenvalue weighted by atomic mass is 10.3. The summed E-state index contributed by atoms with van der Waals surface area (Å²) in [7, 11) is 0. The lowest BCUT2D eigenvalue weighted by Gasteiger charge is -2.06. The van der Waals surface area contributed by atoms with Crippen LogP contribution >= 0.6 is 31.9 Å². The maximum atomic E-state index is 5.13.